The minimum absolute atomic E-state index is 0.0421. The summed E-state index contributed by atoms with van der Waals surface area (Å²) in [6.07, 6.45) is 0. The molecule has 316 valence electrons. The molecule has 0 atom stereocenters. The summed E-state index contributed by atoms with van der Waals surface area (Å²) in [7, 11) is 0. The first-order chi connectivity index (χ1) is 34.3. The highest BCUT2D eigenvalue weighted by atomic mass is 32.2. The van der Waals surface area contributed by atoms with Crippen LogP contribution in [-0.2, 0) is 0 Å². The molecule has 10 aromatic rings. The Hall–Kier alpha value is -6.59. The number of hydrogen-bond acceptors (Lipinski definition) is 9. The zero-order valence-corrected chi connectivity index (χ0v) is 40.2. The first-order valence-electron chi connectivity index (χ1n) is 23.5. The summed E-state index contributed by atoms with van der Waals surface area (Å²) < 4.78 is 0. The van der Waals surface area contributed by atoms with Crippen molar-refractivity contribution < 1.29 is 0 Å². The van der Waals surface area contributed by atoms with Crippen molar-refractivity contribution in [2.24, 2.45) is 0 Å². The third kappa shape index (κ3) is 4.15. The second kappa shape index (κ2) is 12.4. The Morgan fingerprint density at radius 3 is 1.04 bits per heavy atom. The van der Waals surface area contributed by atoms with Crippen LogP contribution in [-0.4, -0.2) is 13.4 Å². The monoisotopic (exact) mass is 962 g/mol. The summed E-state index contributed by atoms with van der Waals surface area (Å²) in [5.41, 5.74) is 26.7. The van der Waals surface area contributed by atoms with Crippen LogP contribution in [0.2, 0.25) is 0 Å². The number of rotatable bonds is 2. The molecule has 9 aliphatic rings. The summed E-state index contributed by atoms with van der Waals surface area (Å²) >= 11 is 9.70. The molecule has 9 aliphatic heterocycles. The fourth-order valence-electron chi connectivity index (χ4n) is 13.5. The molecule has 0 saturated heterocycles. The van der Waals surface area contributed by atoms with E-state index in [0.717, 1.165) is 0 Å². The number of hydrogen-bond donors (Lipinski definition) is 0. The van der Waals surface area contributed by atoms with Gasteiger partial charge in [0, 0.05) is 50.5 Å². The predicted molar refractivity (Wildman–Crippen MR) is 293 cm³/mol. The molecule has 0 saturated carbocycles. The van der Waals surface area contributed by atoms with Gasteiger partial charge in [0.05, 0.1) is 66.6 Å². The summed E-state index contributed by atoms with van der Waals surface area (Å²) in [5, 5.41) is 0. The van der Waals surface area contributed by atoms with Crippen LogP contribution in [0.25, 0.3) is 20.9 Å². The van der Waals surface area contributed by atoms with Gasteiger partial charge in [-0.2, -0.15) is 0 Å². The minimum atomic E-state index is 0.0421. The Balaban J connectivity index is 0.983. The molecule has 9 aromatic carbocycles. The van der Waals surface area contributed by atoms with E-state index >= 15 is 0 Å². The molecule has 0 unspecified atom stereocenters. The van der Waals surface area contributed by atoms with E-state index in [-0.39, 0.29) is 13.4 Å². The van der Waals surface area contributed by atoms with Crippen LogP contribution in [0.3, 0.4) is 0 Å². The predicted octanol–water partition coefficient (Wildman–Crippen LogP) is 13.4. The maximum atomic E-state index is 2.75. The lowest BCUT2D eigenvalue weighted by atomic mass is 9.31. The maximum absolute atomic E-state index is 2.75. The molecule has 0 aliphatic carbocycles. The third-order valence-corrected chi connectivity index (χ3v) is 21.5. The normalized spacial score (nSPS) is 15.7. The van der Waals surface area contributed by atoms with Crippen molar-refractivity contribution in [3.8, 4) is 20.9 Å². The number of para-hydroxylation sites is 4. The van der Waals surface area contributed by atoms with Gasteiger partial charge < -0.3 is 19.6 Å². The first kappa shape index (κ1) is 36.4. The molecule has 10 heterocycles. The van der Waals surface area contributed by atoms with Crippen molar-refractivity contribution in [3.63, 3.8) is 0 Å². The Kier molecular flexibility index (Phi) is 6.54. The largest absolute Gasteiger partial charge is 0.307 e. The van der Waals surface area contributed by atoms with Gasteiger partial charge >= 0.3 is 0 Å². The van der Waals surface area contributed by atoms with E-state index in [1.807, 2.05) is 58.4 Å². The fourth-order valence-corrected chi connectivity index (χ4v) is 19.4. The van der Waals surface area contributed by atoms with Crippen LogP contribution in [0.15, 0.2) is 209 Å². The Morgan fingerprint density at radius 1 is 0.261 bits per heavy atom. The molecular weight excluding hydrogens is 935 g/mol. The van der Waals surface area contributed by atoms with Crippen molar-refractivity contribution in [2.45, 2.75) is 39.2 Å². The molecule has 4 nitrogen and oxygen atoms in total. The van der Waals surface area contributed by atoms with Crippen molar-refractivity contribution in [3.05, 3.63) is 170 Å². The molecule has 11 heteroatoms. The van der Waals surface area contributed by atoms with Gasteiger partial charge in [-0.3, -0.25) is 0 Å². The lowest BCUT2D eigenvalue weighted by molar-refractivity contribution is 1.08. The van der Waals surface area contributed by atoms with Gasteiger partial charge in [0.25, 0.3) is 13.4 Å². The SMILES string of the molecule is c1ccc(-c2sc(-c3ccccc3)c3c2N2c4ccc5c6c4B(c4cccc7c4N6c4c(cccc4S5)S7)c4ccc5c(c42)N3c2ccc3c4c2B5c2cccc5c2N4c2c(cccc2S3)S5)cc1. The summed E-state index contributed by atoms with van der Waals surface area (Å²) in [5.74, 6) is 0. The number of anilines is 12. The number of thiophene rings is 1. The zero-order chi connectivity index (χ0) is 44.1. The highest BCUT2D eigenvalue weighted by molar-refractivity contribution is 8.01. The van der Waals surface area contributed by atoms with Crippen molar-refractivity contribution in [2.75, 3.05) is 19.6 Å². The van der Waals surface area contributed by atoms with Crippen LogP contribution >= 0.6 is 58.4 Å². The van der Waals surface area contributed by atoms with Gasteiger partial charge in [0.2, 0.25) is 0 Å². The van der Waals surface area contributed by atoms with Crippen molar-refractivity contribution >= 4 is 173 Å². The van der Waals surface area contributed by atoms with E-state index in [9.17, 15) is 0 Å². The maximum Gasteiger partial charge on any atom is 0.252 e. The van der Waals surface area contributed by atoms with Crippen LogP contribution < -0.4 is 52.4 Å². The Bertz CT molecular complexity index is 3870. The van der Waals surface area contributed by atoms with E-state index < -0.39 is 0 Å². The molecule has 0 radical (unpaired) electrons. The van der Waals surface area contributed by atoms with Crippen LogP contribution in [0.4, 0.5) is 68.2 Å². The van der Waals surface area contributed by atoms with Crippen LogP contribution in [0, 0.1) is 0 Å². The first-order valence-corrected chi connectivity index (χ1v) is 27.6. The summed E-state index contributed by atoms with van der Waals surface area (Å²) in [6.45, 7) is 0.0843. The smallest absolute Gasteiger partial charge is 0.252 e. The van der Waals surface area contributed by atoms with E-state index in [1.165, 1.54) is 161 Å². The van der Waals surface area contributed by atoms with Gasteiger partial charge in [0.1, 0.15) is 0 Å². The van der Waals surface area contributed by atoms with Gasteiger partial charge in [-0.05, 0) is 105 Å². The minimum Gasteiger partial charge on any atom is -0.307 e. The topological polar surface area (TPSA) is 13.0 Å². The molecule has 0 bridgehead atoms. The Labute approximate surface area is 419 Å². The number of benzene rings is 9. The zero-order valence-electron chi connectivity index (χ0n) is 36.2. The van der Waals surface area contributed by atoms with Crippen LogP contribution in [0.5, 0.6) is 0 Å². The summed E-state index contributed by atoms with van der Waals surface area (Å²) in [4.78, 5) is 24.1. The van der Waals surface area contributed by atoms with Gasteiger partial charge in [-0.1, -0.05) is 156 Å². The lowest BCUT2D eigenvalue weighted by Gasteiger charge is -2.53. The number of nitrogens with zero attached hydrogens (tertiary/aromatic N) is 4. The highest BCUT2D eigenvalue weighted by Crippen LogP contribution is 2.68. The quantitative estimate of drug-likeness (QED) is 0.157. The van der Waals surface area contributed by atoms with Gasteiger partial charge in [0.15, 0.2) is 0 Å². The molecule has 0 amide bonds. The van der Waals surface area contributed by atoms with E-state index in [0.29, 0.717) is 0 Å². The average molecular weight is 963 g/mol. The average Bonchev–Trinajstić information content (AvgIpc) is 3.80. The molecular formula is C58H28B2N4S5. The third-order valence-electron chi connectivity index (χ3n) is 15.9. The van der Waals surface area contributed by atoms with E-state index in [1.54, 1.807) is 0 Å². The second-order valence-electron chi connectivity index (χ2n) is 19.0. The number of fused-ring (bicyclic) bond motifs is 9. The van der Waals surface area contributed by atoms with Crippen molar-refractivity contribution in [1.29, 1.82) is 0 Å². The van der Waals surface area contributed by atoms with E-state index in [4.69, 9.17) is 0 Å². The van der Waals surface area contributed by atoms with Crippen molar-refractivity contribution in [1.82, 2.24) is 0 Å². The van der Waals surface area contributed by atoms with Crippen LogP contribution in [0.1, 0.15) is 0 Å². The molecule has 0 N–H and O–H groups in total. The lowest BCUT2D eigenvalue weighted by Crippen LogP contribution is -2.66. The molecule has 0 fully saturated rings. The fraction of sp³-hybridized carbons (Fsp3) is 0. The Morgan fingerprint density at radius 2 is 0.623 bits per heavy atom. The standard InChI is InChI=1S/C58H28B2N4S5/c1-3-11-29(12-4-1)57-55-56(58(69-57)30-13-5-2-6-14-30)62-36-26-28-44-54-46(36)60(32-16-8-18-38-48(32)64(54)52-40(66-38)20-10-22-42(52)68-44)34-24-23-33-49(50(34)62)61(55)35-25-27-43-53-45(35)59(33)31-15-7-17-37-47(31)63(53)51-39(65-37)19-9-21-41(51)67-43/h1-28H. The molecule has 1 aromatic heterocycles. The molecule has 19 rings (SSSR count). The molecule has 0 spiro atoms. The van der Waals surface area contributed by atoms with Gasteiger partial charge in [-0.25, -0.2) is 0 Å². The molecule has 69 heavy (non-hydrogen) atoms. The highest BCUT2D eigenvalue weighted by Gasteiger charge is 2.56. The summed E-state index contributed by atoms with van der Waals surface area (Å²) in [6, 6.07) is 65.3. The van der Waals surface area contributed by atoms with Gasteiger partial charge in [-0.15, -0.1) is 11.3 Å². The van der Waals surface area contributed by atoms with E-state index in [2.05, 4.69) is 189 Å². The second-order valence-corrected chi connectivity index (χ2v) is 24.4.